The van der Waals surface area contributed by atoms with Gasteiger partial charge >= 0.3 is 0 Å². The molecule has 0 aliphatic heterocycles. The van der Waals surface area contributed by atoms with E-state index in [1.165, 1.54) is 0 Å². The minimum absolute atomic E-state index is 0.524. The molecule has 22 heavy (non-hydrogen) atoms. The van der Waals surface area contributed by atoms with Gasteiger partial charge in [0.15, 0.2) is 0 Å². The van der Waals surface area contributed by atoms with Crippen molar-refractivity contribution in [3.8, 4) is 11.3 Å². The van der Waals surface area contributed by atoms with Gasteiger partial charge < -0.3 is 0 Å². The Morgan fingerprint density at radius 3 is 2.36 bits per heavy atom. The molecular weight excluding hydrogens is 292 g/mol. The summed E-state index contributed by atoms with van der Waals surface area (Å²) in [6.07, 6.45) is 1.80. The van der Waals surface area contributed by atoms with Gasteiger partial charge in [-0.2, -0.15) is 0 Å². The van der Waals surface area contributed by atoms with Crippen LogP contribution < -0.4 is 0 Å². The highest BCUT2D eigenvalue weighted by atomic mass is 35.5. The zero-order valence-electron chi connectivity index (χ0n) is 12.0. The van der Waals surface area contributed by atoms with E-state index in [4.69, 9.17) is 11.6 Å². The molecule has 0 atom stereocenters. The van der Waals surface area contributed by atoms with Crippen LogP contribution in [0.15, 0.2) is 84.0 Å². The van der Waals surface area contributed by atoms with Crippen molar-refractivity contribution in [2.45, 2.75) is 6.54 Å². The van der Waals surface area contributed by atoms with Gasteiger partial charge in [0.25, 0.3) is 0 Å². The summed E-state index contributed by atoms with van der Waals surface area (Å²) < 4.78 is 0. The molecular formula is C19H15ClN2. The minimum Gasteiger partial charge on any atom is -0.268 e. The van der Waals surface area contributed by atoms with Gasteiger partial charge in [-0.25, -0.2) is 0 Å². The van der Waals surface area contributed by atoms with Crippen LogP contribution in [-0.4, -0.2) is 10.2 Å². The SMILES string of the molecule is ClC(=NCc1ccccc1-c1ccccn1)c1ccccc1. The summed E-state index contributed by atoms with van der Waals surface area (Å²) in [5.74, 6) is 0. The molecule has 3 rings (SSSR count). The number of halogens is 1. The van der Waals surface area contributed by atoms with Crippen LogP contribution in [0.1, 0.15) is 11.1 Å². The van der Waals surface area contributed by atoms with E-state index < -0.39 is 0 Å². The maximum atomic E-state index is 6.29. The normalized spacial score (nSPS) is 11.4. The fourth-order valence-corrected chi connectivity index (χ4v) is 2.44. The Morgan fingerprint density at radius 1 is 0.864 bits per heavy atom. The Bertz CT molecular complexity index is 768. The molecule has 108 valence electrons. The molecule has 0 unspecified atom stereocenters. The molecule has 3 aromatic rings. The summed E-state index contributed by atoms with van der Waals surface area (Å²) >= 11 is 6.29. The van der Waals surface area contributed by atoms with Crippen LogP contribution in [0.25, 0.3) is 11.3 Å². The summed E-state index contributed by atoms with van der Waals surface area (Å²) in [5.41, 5.74) is 4.07. The predicted molar refractivity (Wildman–Crippen MR) is 92.2 cm³/mol. The van der Waals surface area contributed by atoms with Crippen molar-refractivity contribution in [3.63, 3.8) is 0 Å². The number of benzene rings is 2. The number of nitrogens with zero attached hydrogens (tertiary/aromatic N) is 2. The van der Waals surface area contributed by atoms with Crippen LogP contribution in [0.2, 0.25) is 0 Å². The van der Waals surface area contributed by atoms with Crippen molar-refractivity contribution in [2.24, 2.45) is 4.99 Å². The summed E-state index contributed by atoms with van der Waals surface area (Å²) in [5, 5.41) is 0.524. The van der Waals surface area contributed by atoms with E-state index in [2.05, 4.69) is 22.1 Å². The van der Waals surface area contributed by atoms with Gasteiger partial charge in [0, 0.05) is 17.3 Å². The van der Waals surface area contributed by atoms with E-state index in [-0.39, 0.29) is 0 Å². The molecule has 2 nitrogen and oxygen atoms in total. The Hall–Kier alpha value is -2.45. The largest absolute Gasteiger partial charge is 0.268 e. The van der Waals surface area contributed by atoms with Crippen LogP contribution >= 0.6 is 11.6 Å². The molecule has 0 aliphatic carbocycles. The molecule has 0 spiro atoms. The summed E-state index contributed by atoms with van der Waals surface area (Å²) in [6, 6.07) is 23.8. The van der Waals surface area contributed by atoms with Crippen molar-refractivity contribution in [2.75, 3.05) is 0 Å². The third-order valence-electron chi connectivity index (χ3n) is 3.36. The molecule has 0 aliphatic rings. The van der Waals surface area contributed by atoms with Crippen molar-refractivity contribution in [1.29, 1.82) is 0 Å². The lowest BCUT2D eigenvalue weighted by Gasteiger charge is -2.07. The topological polar surface area (TPSA) is 25.2 Å². The van der Waals surface area contributed by atoms with Crippen LogP contribution in [0.3, 0.4) is 0 Å². The summed E-state index contributed by atoms with van der Waals surface area (Å²) in [6.45, 7) is 0.528. The van der Waals surface area contributed by atoms with Crippen LogP contribution in [0, 0.1) is 0 Å². The number of aromatic nitrogens is 1. The van der Waals surface area contributed by atoms with Gasteiger partial charge in [-0.05, 0) is 17.7 Å². The third kappa shape index (κ3) is 3.41. The maximum absolute atomic E-state index is 6.29. The number of pyridine rings is 1. The highest BCUT2D eigenvalue weighted by molar-refractivity contribution is 6.69. The fraction of sp³-hybridized carbons (Fsp3) is 0.0526. The van der Waals surface area contributed by atoms with Gasteiger partial charge in [-0.15, -0.1) is 0 Å². The number of hydrogen-bond donors (Lipinski definition) is 0. The van der Waals surface area contributed by atoms with Crippen molar-refractivity contribution in [1.82, 2.24) is 4.98 Å². The van der Waals surface area contributed by atoms with E-state index in [0.717, 1.165) is 22.4 Å². The van der Waals surface area contributed by atoms with Gasteiger partial charge in [-0.3, -0.25) is 9.98 Å². The van der Waals surface area contributed by atoms with Crippen molar-refractivity contribution in [3.05, 3.63) is 90.1 Å². The lowest BCUT2D eigenvalue weighted by atomic mass is 10.0. The first-order valence-corrected chi connectivity index (χ1v) is 7.47. The highest BCUT2D eigenvalue weighted by Crippen LogP contribution is 2.22. The summed E-state index contributed by atoms with van der Waals surface area (Å²) in [4.78, 5) is 8.92. The van der Waals surface area contributed by atoms with Gasteiger partial charge in [-0.1, -0.05) is 72.3 Å². The monoisotopic (exact) mass is 306 g/mol. The lowest BCUT2D eigenvalue weighted by Crippen LogP contribution is -1.94. The van der Waals surface area contributed by atoms with Crippen molar-refractivity contribution >= 4 is 16.8 Å². The first kappa shape index (κ1) is 14.5. The first-order chi connectivity index (χ1) is 10.8. The molecule has 0 saturated heterocycles. The van der Waals surface area contributed by atoms with E-state index >= 15 is 0 Å². The quantitative estimate of drug-likeness (QED) is 0.627. The fourth-order valence-electron chi connectivity index (χ4n) is 2.25. The smallest absolute Gasteiger partial charge is 0.131 e. The van der Waals surface area contributed by atoms with E-state index in [9.17, 15) is 0 Å². The lowest BCUT2D eigenvalue weighted by molar-refractivity contribution is 1.07. The van der Waals surface area contributed by atoms with E-state index in [0.29, 0.717) is 11.7 Å². The minimum atomic E-state index is 0.524. The summed E-state index contributed by atoms with van der Waals surface area (Å²) in [7, 11) is 0. The zero-order valence-corrected chi connectivity index (χ0v) is 12.7. The molecule has 1 aromatic heterocycles. The molecule has 0 saturated carbocycles. The second-order valence-electron chi connectivity index (χ2n) is 4.85. The van der Waals surface area contributed by atoms with Crippen LogP contribution in [0.4, 0.5) is 0 Å². The molecule has 0 amide bonds. The molecule has 0 bridgehead atoms. The Labute approximate surface area is 135 Å². The molecule has 0 fully saturated rings. The molecule has 1 heterocycles. The standard InChI is InChI=1S/C19H15ClN2/c20-19(15-8-2-1-3-9-15)22-14-16-10-4-5-11-17(16)18-12-6-7-13-21-18/h1-13H,14H2. The van der Waals surface area contributed by atoms with Gasteiger partial charge in [0.05, 0.1) is 12.2 Å². The number of hydrogen-bond acceptors (Lipinski definition) is 2. The number of rotatable bonds is 4. The average molecular weight is 307 g/mol. The molecule has 3 heteroatoms. The van der Waals surface area contributed by atoms with Crippen LogP contribution in [-0.2, 0) is 6.54 Å². The number of aliphatic imine (C=N–C) groups is 1. The van der Waals surface area contributed by atoms with Gasteiger partial charge in [0.2, 0.25) is 0 Å². The average Bonchev–Trinajstić information content (AvgIpc) is 2.61. The second kappa shape index (κ2) is 7.01. The molecule has 0 radical (unpaired) electrons. The Balaban J connectivity index is 1.88. The van der Waals surface area contributed by atoms with Gasteiger partial charge in [0.1, 0.15) is 5.17 Å². The first-order valence-electron chi connectivity index (χ1n) is 7.09. The molecule has 2 aromatic carbocycles. The van der Waals surface area contributed by atoms with Crippen molar-refractivity contribution < 1.29 is 0 Å². The maximum Gasteiger partial charge on any atom is 0.131 e. The Morgan fingerprint density at radius 2 is 1.59 bits per heavy atom. The van der Waals surface area contributed by atoms with Crippen LogP contribution in [0.5, 0.6) is 0 Å². The molecule has 0 N–H and O–H groups in total. The zero-order chi connectivity index (χ0) is 15.2. The Kier molecular flexibility index (Phi) is 4.62. The second-order valence-corrected chi connectivity index (χ2v) is 5.20. The van der Waals surface area contributed by atoms with E-state index in [1.54, 1.807) is 6.20 Å². The third-order valence-corrected chi connectivity index (χ3v) is 3.70. The predicted octanol–water partition coefficient (Wildman–Crippen LogP) is 4.93. The highest BCUT2D eigenvalue weighted by Gasteiger charge is 2.05. The van der Waals surface area contributed by atoms with E-state index in [1.807, 2.05) is 60.7 Å².